The summed E-state index contributed by atoms with van der Waals surface area (Å²) in [5.74, 6) is 0.521. The van der Waals surface area contributed by atoms with Crippen LogP contribution >= 0.6 is 0 Å². The minimum absolute atomic E-state index is 0.299. The summed E-state index contributed by atoms with van der Waals surface area (Å²) in [6.45, 7) is 1.07. The second-order valence-corrected chi connectivity index (χ2v) is 4.55. The molecule has 3 nitrogen and oxygen atoms in total. The number of methoxy groups -OCH3 is 1. The van der Waals surface area contributed by atoms with Gasteiger partial charge in [-0.3, -0.25) is 0 Å². The molecule has 1 atom stereocenters. The van der Waals surface area contributed by atoms with Crippen LogP contribution in [0.4, 0.5) is 4.39 Å². The molecule has 2 N–H and O–H groups in total. The second-order valence-electron chi connectivity index (χ2n) is 4.55. The molecule has 2 aromatic carbocycles. The molecule has 4 heteroatoms. The fourth-order valence-electron chi connectivity index (χ4n) is 1.90. The fourth-order valence-corrected chi connectivity index (χ4v) is 1.90. The third kappa shape index (κ3) is 4.05. The molecule has 0 aliphatic heterocycles. The average molecular weight is 275 g/mol. The molecule has 106 valence electrons. The molecule has 0 aromatic heterocycles. The minimum atomic E-state index is -0.645. The monoisotopic (exact) mass is 275 g/mol. The predicted octanol–water partition coefficient (Wildman–Crippen LogP) is 2.66. The molecule has 0 fully saturated rings. The van der Waals surface area contributed by atoms with Crippen LogP contribution in [0.5, 0.6) is 5.75 Å². The molecule has 0 amide bonds. The lowest BCUT2D eigenvalue weighted by molar-refractivity contribution is 0.174. The number of benzene rings is 2. The van der Waals surface area contributed by atoms with Gasteiger partial charge in [-0.05, 0) is 35.4 Å². The maximum Gasteiger partial charge on any atom is 0.123 e. The number of aliphatic hydroxyl groups is 1. The van der Waals surface area contributed by atoms with Crippen LogP contribution in [0.25, 0.3) is 0 Å². The minimum Gasteiger partial charge on any atom is -0.497 e. The van der Waals surface area contributed by atoms with Crippen molar-refractivity contribution in [3.8, 4) is 5.75 Å². The number of nitrogens with one attached hydrogen (secondary N) is 1. The quantitative estimate of drug-likeness (QED) is 0.851. The van der Waals surface area contributed by atoms with Crippen LogP contribution in [-0.2, 0) is 6.54 Å². The molecule has 0 saturated heterocycles. The third-order valence-corrected chi connectivity index (χ3v) is 3.08. The summed E-state index contributed by atoms with van der Waals surface area (Å²) in [5.41, 5.74) is 1.81. The highest BCUT2D eigenvalue weighted by Gasteiger charge is 2.06. The Morgan fingerprint density at radius 3 is 2.35 bits per heavy atom. The molecule has 0 saturated carbocycles. The smallest absolute Gasteiger partial charge is 0.123 e. The van der Waals surface area contributed by atoms with Crippen molar-refractivity contribution in [1.29, 1.82) is 0 Å². The van der Waals surface area contributed by atoms with Gasteiger partial charge in [0.2, 0.25) is 0 Å². The van der Waals surface area contributed by atoms with E-state index in [1.165, 1.54) is 12.1 Å². The molecular formula is C16H18FNO2. The van der Waals surface area contributed by atoms with Gasteiger partial charge in [-0.25, -0.2) is 4.39 Å². The molecule has 0 spiro atoms. The lowest BCUT2D eigenvalue weighted by atomic mass is 10.1. The normalized spacial score (nSPS) is 12.2. The van der Waals surface area contributed by atoms with Crippen LogP contribution in [0.15, 0.2) is 48.5 Å². The van der Waals surface area contributed by atoms with Gasteiger partial charge in [-0.15, -0.1) is 0 Å². The Morgan fingerprint density at radius 1 is 1.10 bits per heavy atom. The van der Waals surface area contributed by atoms with Crippen molar-refractivity contribution in [2.45, 2.75) is 12.6 Å². The summed E-state index contributed by atoms with van der Waals surface area (Å²) < 4.78 is 17.9. The third-order valence-electron chi connectivity index (χ3n) is 3.08. The van der Waals surface area contributed by atoms with Crippen LogP contribution in [0.2, 0.25) is 0 Å². The Morgan fingerprint density at radius 2 is 1.75 bits per heavy atom. The van der Waals surface area contributed by atoms with E-state index in [-0.39, 0.29) is 5.82 Å². The van der Waals surface area contributed by atoms with E-state index in [0.29, 0.717) is 18.7 Å². The highest BCUT2D eigenvalue weighted by molar-refractivity contribution is 5.27. The topological polar surface area (TPSA) is 41.5 Å². The van der Waals surface area contributed by atoms with Crippen molar-refractivity contribution < 1.29 is 14.2 Å². The molecule has 0 aliphatic carbocycles. The van der Waals surface area contributed by atoms with E-state index in [2.05, 4.69) is 5.32 Å². The van der Waals surface area contributed by atoms with Gasteiger partial charge in [-0.2, -0.15) is 0 Å². The molecule has 0 bridgehead atoms. The van der Waals surface area contributed by atoms with Crippen molar-refractivity contribution in [3.05, 3.63) is 65.5 Å². The predicted molar refractivity (Wildman–Crippen MR) is 76.1 cm³/mol. The van der Waals surface area contributed by atoms with Gasteiger partial charge in [0.25, 0.3) is 0 Å². The highest BCUT2D eigenvalue weighted by atomic mass is 19.1. The van der Waals surface area contributed by atoms with E-state index < -0.39 is 6.10 Å². The maximum atomic E-state index is 12.8. The van der Waals surface area contributed by atoms with Gasteiger partial charge in [0.05, 0.1) is 13.2 Å². The van der Waals surface area contributed by atoms with Crippen molar-refractivity contribution in [2.75, 3.05) is 13.7 Å². The zero-order chi connectivity index (χ0) is 14.4. The van der Waals surface area contributed by atoms with Crippen molar-refractivity contribution >= 4 is 0 Å². The number of halogens is 1. The summed E-state index contributed by atoms with van der Waals surface area (Å²) in [4.78, 5) is 0. The van der Waals surface area contributed by atoms with Gasteiger partial charge in [-0.1, -0.05) is 24.3 Å². The van der Waals surface area contributed by atoms with Crippen LogP contribution in [0.3, 0.4) is 0 Å². The van der Waals surface area contributed by atoms with E-state index in [9.17, 15) is 9.50 Å². The molecule has 2 aromatic rings. The average Bonchev–Trinajstić information content (AvgIpc) is 2.48. The Balaban J connectivity index is 1.81. The molecule has 20 heavy (non-hydrogen) atoms. The van der Waals surface area contributed by atoms with Crippen molar-refractivity contribution in [3.63, 3.8) is 0 Å². The summed E-state index contributed by atoms with van der Waals surface area (Å²) in [6.07, 6.45) is -0.645. The SMILES string of the molecule is COc1ccc(CNC[C@H](O)c2ccc(F)cc2)cc1. The lowest BCUT2D eigenvalue weighted by Gasteiger charge is -2.12. The molecule has 0 aliphatic rings. The number of hydrogen-bond acceptors (Lipinski definition) is 3. The fraction of sp³-hybridized carbons (Fsp3) is 0.250. The molecule has 0 radical (unpaired) electrons. The largest absolute Gasteiger partial charge is 0.497 e. The van der Waals surface area contributed by atoms with Gasteiger partial charge < -0.3 is 15.2 Å². The standard InChI is InChI=1S/C16H18FNO2/c1-20-15-8-2-12(3-9-15)10-18-11-16(19)13-4-6-14(17)7-5-13/h2-9,16,18-19H,10-11H2,1H3/t16-/m0/s1. The van der Waals surface area contributed by atoms with Crippen molar-refractivity contribution in [2.24, 2.45) is 0 Å². The Labute approximate surface area is 118 Å². The van der Waals surface area contributed by atoms with Gasteiger partial charge in [0.1, 0.15) is 11.6 Å². The van der Waals surface area contributed by atoms with Gasteiger partial charge in [0, 0.05) is 13.1 Å². The highest BCUT2D eigenvalue weighted by Crippen LogP contribution is 2.13. The van der Waals surface area contributed by atoms with E-state index in [1.807, 2.05) is 24.3 Å². The molecular weight excluding hydrogens is 257 g/mol. The first-order valence-corrected chi connectivity index (χ1v) is 6.46. The molecule has 0 heterocycles. The molecule has 2 rings (SSSR count). The van der Waals surface area contributed by atoms with Crippen LogP contribution in [0.1, 0.15) is 17.2 Å². The maximum absolute atomic E-state index is 12.8. The summed E-state index contributed by atoms with van der Waals surface area (Å²) >= 11 is 0. The van der Waals surface area contributed by atoms with E-state index in [0.717, 1.165) is 11.3 Å². The number of hydrogen-bond donors (Lipinski definition) is 2. The zero-order valence-electron chi connectivity index (χ0n) is 11.3. The Hall–Kier alpha value is -1.91. The van der Waals surface area contributed by atoms with E-state index in [1.54, 1.807) is 19.2 Å². The van der Waals surface area contributed by atoms with Crippen LogP contribution in [0, 0.1) is 5.82 Å². The van der Waals surface area contributed by atoms with Gasteiger partial charge in [0.15, 0.2) is 0 Å². The lowest BCUT2D eigenvalue weighted by Crippen LogP contribution is -2.21. The number of aliphatic hydroxyl groups excluding tert-OH is 1. The Bertz CT molecular complexity index is 525. The first kappa shape index (κ1) is 14.5. The van der Waals surface area contributed by atoms with E-state index in [4.69, 9.17) is 4.74 Å². The Kier molecular flexibility index (Phi) is 5.09. The van der Waals surface area contributed by atoms with Crippen LogP contribution in [-0.4, -0.2) is 18.8 Å². The second kappa shape index (κ2) is 7.03. The zero-order valence-corrected chi connectivity index (χ0v) is 11.3. The first-order valence-electron chi connectivity index (χ1n) is 6.46. The van der Waals surface area contributed by atoms with Gasteiger partial charge >= 0.3 is 0 Å². The van der Waals surface area contributed by atoms with Crippen molar-refractivity contribution in [1.82, 2.24) is 5.32 Å². The summed E-state index contributed by atoms with van der Waals surface area (Å²) in [5, 5.41) is 13.1. The number of ether oxygens (including phenoxy) is 1. The molecule has 0 unspecified atom stereocenters. The summed E-state index contributed by atoms with van der Waals surface area (Å²) in [7, 11) is 1.63. The first-order chi connectivity index (χ1) is 9.69. The number of rotatable bonds is 6. The van der Waals surface area contributed by atoms with Crippen LogP contribution < -0.4 is 10.1 Å². The van der Waals surface area contributed by atoms with E-state index >= 15 is 0 Å². The summed E-state index contributed by atoms with van der Waals surface area (Å²) in [6, 6.07) is 13.6.